The normalized spacial score (nSPS) is 12.3. The Morgan fingerprint density at radius 3 is 2.33 bits per heavy atom. The summed E-state index contributed by atoms with van der Waals surface area (Å²) in [4.78, 5) is 10.7. The lowest BCUT2D eigenvalue weighted by molar-refractivity contribution is 0.0697. The Labute approximate surface area is 108 Å². The molecule has 1 unspecified atom stereocenters. The maximum atomic E-state index is 13.8. The Bertz CT molecular complexity index is 359. The van der Waals surface area contributed by atoms with Crippen LogP contribution in [0.5, 0.6) is 0 Å². The van der Waals surface area contributed by atoms with Crippen LogP contribution in [0.3, 0.4) is 0 Å². The first kappa shape index (κ1) is 14.7. The maximum absolute atomic E-state index is 13.8. The molecule has 0 fully saturated rings. The van der Waals surface area contributed by atoms with Crippen LogP contribution in [0.2, 0.25) is 0 Å². The van der Waals surface area contributed by atoms with Gasteiger partial charge in [-0.05, 0) is 24.1 Å². The SMILES string of the molecule is CCCCCCCC(F)c1ccc(C(=O)O)cc1. The molecule has 0 spiro atoms. The molecular formula is C15H21FO2. The third-order valence-corrected chi connectivity index (χ3v) is 3.08. The van der Waals surface area contributed by atoms with E-state index in [4.69, 9.17) is 5.11 Å². The quantitative estimate of drug-likeness (QED) is 0.677. The highest BCUT2D eigenvalue weighted by Gasteiger charge is 2.10. The van der Waals surface area contributed by atoms with Crippen molar-refractivity contribution in [1.82, 2.24) is 0 Å². The summed E-state index contributed by atoms with van der Waals surface area (Å²) >= 11 is 0. The van der Waals surface area contributed by atoms with E-state index < -0.39 is 12.1 Å². The molecule has 0 heterocycles. The summed E-state index contributed by atoms with van der Waals surface area (Å²) < 4.78 is 13.8. The summed E-state index contributed by atoms with van der Waals surface area (Å²) in [5.41, 5.74) is 0.782. The Hall–Kier alpha value is -1.38. The van der Waals surface area contributed by atoms with Gasteiger partial charge in [0.05, 0.1) is 5.56 Å². The Morgan fingerprint density at radius 2 is 1.78 bits per heavy atom. The fourth-order valence-corrected chi connectivity index (χ4v) is 1.93. The summed E-state index contributed by atoms with van der Waals surface area (Å²) in [6.07, 6.45) is 5.08. The summed E-state index contributed by atoms with van der Waals surface area (Å²) in [6, 6.07) is 6.06. The van der Waals surface area contributed by atoms with Crippen LogP contribution in [0.15, 0.2) is 24.3 Å². The molecule has 1 rings (SSSR count). The monoisotopic (exact) mass is 252 g/mol. The minimum atomic E-state index is -0.977. The molecule has 1 atom stereocenters. The lowest BCUT2D eigenvalue weighted by atomic mass is 10.0. The Morgan fingerprint density at radius 1 is 1.17 bits per heavy atom. The number of carboxylic acid groups (broad SMARTS) is 1. The first-order valence-electron chi connectivity index (χ1n) is 6.62. The maximum Gasteiger partial charge on any atom is 0.335 e. The van der Waals surface area contributed by atoms with Crippen molar-refractivity contribution in [2.75, 3.05) is 0 Å². The van der Waals surface area contributed by atoms with Gasteiger partial charge in [0.1, 0.15) is 6.17 Å². The van der Waals surface area contributed by atoms with E-state index in [0.717, 1.165) is 12.8 Å². The van der Waals surface area contributed by atoms with Gasteiger partial charge in [0.2, 0.25) is 0 Å². The van der Waals surface area contributed by atoms with Crippen molar-refractivity contribution in [3.8, 4) is 0 Å². The van der Waals surface area contributed by atoms with Gasteiger partial charge in [0.15, 0.2) is 0 Å². The molecule has 0 bridgehead atoms. The molecule has 1 N–H and O–H groups in total. The number of aromatic carboxylic acids is 1. The van der Waals surface area contributed by atoms with E-state index in [2.05, 4.69) is 6.92 Å². The molecule has 18 heavy (non-hydrogen) atoms. The van der Waals surface area contributed by atoms with Crippen molar-refractivity contribution in [3.05, 3.63) is 35.4 Å². The van der Waals surface area contributed by atoms with Crippen LogP contribution in [-0.4, -0.2) is 11.1 Å². The topological polar surface area (TPSA) is 37.3 Å². The molecule has 0 aliphatic carbocycles. The molecule has 3 heteroatoms. The average molecular weight is 252 g/mol. The minimum Gasteiger partial charge on any atom is -0.478 e. The molecular weight excluding hydrogens is 231 g/mol. The van der Waals surface area contributed by atoms with E-state index in [1.165, 1.54) is 31.4 Å². The van der Waals surface area contributed by atoms with Gasteiger partial charge in [0.25, 0.3) is 0 Å². The smallest absolute Gasteiger partial charge is 0.335 e. The summed E-state index contributed by atoms with van der Waals surface area (Å²) in [5.74, 6) is -0.975. The fraction of sp³-hybridized carbons (Fsp3) is 0.533. The van der Waals surface area contributed by atoms with Crippen molar-refractivity contribution in [3.63, 3.8) is 0 Å². The van der Waals surface area contributed by atoms with E-state index in [1.54, 1.807) is 12.1 Å². The minimum absolute atomic E-state index is 0.203. The lowest BCUT2D eigenvalue weighted by Gasteiger charge is -2.08. The second-order valence-corrected chi connectivity index (χ2v) is 4.60. The van der Waals surface area contributed by atoms with Crippen molar-refractivity contribution in [1.29, 1.82) is 0 Å². The van der Waals surface area contributed by atoms with E-state index in [-0.39, 0.29) is 5.56 Å². The number of halogens is 1. The molecule has 0 amide bonds. The largest absolute Gasteiger partial charge is 0.478 e. The summed E-state index contributed by atoms with van der Waals surface area (Å²) in [6.45, 7) is 2.15. The summed E-state index contributed by atoms with van der Waals surface area (Å²) in [7, 11) is 0. The lowest BCUT2D eigenvalue weighted by Crippen LogP contribution is -1.97. The Balaban J connectivity index is 2.37. The van der Waals surface area contributed by atoms with Crippen molar-refractivity contribution in [2.24, 2.45) is 0 Å². The number of hydrogen-bond donors (Lipinski definition) is 1. The first-order valence-corrected chi connectivity index (χ1v) is 6.62. The van der Waals surface area contributed by atoms with Crippen LogP contribution < -0.4 is 0 Å². The number of rotatable bonds is 8. The number of unbranched alkanes of at least 4 members (excludes halogenated alkanes) is 4. The highest BCUT2D eigenvalue weighted by molar-refractivity contribution is 5.87. The second kappa shape index (κ2) is 7.85. The zero-order chi connectivity index (χ0) is 13.4. The van der Waals surface area contributed by atoms with Crippen LogP contribution in [-0.2, 0) is 0 Å². The fourth-order valence-electron chi connectivity index (χ4n) is 1.93. The molecule has 2 nitrogen and oxygen atoms in total. The molecule has 0 radical (unpaired) electrons. The van der Waals surface area contributed by atoms with Crippen LogP contribution in [0.4, 0.5) is 4.39 Å². The first-order chi connectivity index (χ1) is 8.65. The number of hydrogen-bond acceptors (Lipinski definition) is 1. The molecule has 100 valence electrons. The van der Waals surface area contributed by atoms with E-state index in [0.29, 0.717) is 12.0 Å². The van der Waals surface area contributed by atoms with Crippen molar-refractivity contribution < 1.29 is 14.3 Å². The van der Waals surface area contributed by atoms with Crippen LogP contribution in [0, 0.1) is 0 Å². The van der Waals surface area contributed by atoms with Gasteiger partial charge in [-0.3, -0.25) is 0 Å². The van der Waals surface area contributed by atoms with Gasteiger partial charge in [0, 0.05) is 0 Å². The number of carbonyl (C=O) groups is 1. The van der Waals surface area contributed by atoms with Crippen molar-refractivity contribution >= 4 is 5.97 Å². The van der Waals surface area contributed by atoms with E-state index in [9.17, 15) is 9.18 Å². The van der Waals surface area contributed by atoms with Gasteiger partial charge >= 0.3 is 5.97 Å². The molecule has 0 saturated heterocycles. The summed E-state index contributed by atoms with van der Waals surface area (Å²) in [5, 5.41) is 8.74. The zero-order valence-electron chi connectivity index (χ0n) is 10.9. The van der Waals surface area contributed by atoms with E-state index in [1.807, 2.05) is 0 Å². The average Bonchev–Trinajstić information content (AvgIpc) is 2.38. The van der Waals surface area contributed by atoms with Crippen LogP contribution >= 0.6 is 0 Å². The molecule has 0 aromatic heterocycles. The highest BCUT2D eigenvalue weighted by atomic mass is 19.1. The van der Waals surface area contributed by atoms with Crippen LogP contribution in [0.25, 0.3) is 0 Å². The molecule has 0 saturated carbocycles. The predicted molar refractivity (Wildman–Crippen MR) is 70.6 cm³/mol. The van der Waals surface area contributed by atoms with Crippen LogP contribution in [0.1, 0.15) is 67.5 Å². The van der Waals surface area contributed by atoms with Gasteiger partial charge in [-0.15, -0.1) is 0 Å². The highest BCUT2D eigenvalue weighted by Crippen LogP contribution is 2.24. The number of carboxylic acids is 1. The molecule has 1 aromatic rings. The number of benzene rings is 1. The van der Waals surface area contributed by atoms with E-state index >= 15 is 0 Å². The third kappa shape index (κ3) is 4.86. The van der Waals surface area contributed by atoms with Gasteiger partial charge < -0.3 is 5.11 Å². The van der Waals surface area contributed by atoms with Gasteiger partial charge in [-0.1, -0.05) is 51.2 Å². The zero-order valence-corrected chi connectivity index (χ0v) is 10.9. The third-order valence-electron chi connectivity index (χ3n) is 3.08. The number of alkyl halides is 1. The molecule has 1 aromatic carbocycles. The van der Waals surface area contributed by atoms with Gasteiger partial charge in [-0.2, -0.15) is 0 Å². The molecule has 0 aliphatic heterocycles. The molecule has 0 aliphatic rings. The second-order valence-electron chi connectivity index (χ2n) is 4.60. The standard InChI is InChI=1S/C15H21FO2/c1-2-3-4-5-6-7-14(16)12-8-10-13(11-9-12)15(17)18/h8-11,14H,2-7H2,1H3,(H,17,18). The Kier molecular flexibility index (Phi) is 6.40. The van der Waals surface area contributed by atoms with Gasteiger partial charge in [-0.25, -0.2) is 9.18 Å². The van der Waals surface area contributed by atoms with Crippen molar-refractivity contribution in [2.45, 2.75) is 51.6 Å². The predicted octanol–water partition coefficient (Wildman–Crippen LogP) is 4.76.